The average molecular weight is 270 g/mol. The molecule has 0 spiro atoms. The minimum atomic E-state index is 0.671. The SMILES string of the molecule is CCCOc1cc(Nc2cc(C)ccc2C)ccc1N. The zero-order valence-corrected chi connectivity index (χ0v) is 12.4. The van der Waals surface area contributed by atoms with E-state index in [0.717, 1.165) is 23.5 Å². The smallest absolute Gasteiger partial charge is 0.144 e. The first kappa shape index (κ1) is 14.3. The van der Waals surface area contributed by atoms with Crippen LogP contribution in [-0.4, -0.2) is 6.61 Å². The summed E-state index contributed by atoms with van der Waals surface area (Å²) in [6.45, 7) is 6.93. The van der Waals surface area contributed by atoms with Crippen LogP contribution in [0, 0.1) is 13.8 Å². The average Bonchev–Trinajstić information content (AvgIpc) is 2.43. The van der Waals surface area contributed by atoms with Crippen molar-refractivity contribution in [1.29, 1.82) is 0 Å². The Labute approximate surface area is 120 Å². The molecule has 2 aromatic rings. The van der Waals surface area contributed by atoms with Crippen LogP contribution in [0.15, 0.2) is 36.4 Å². The van der Waals surface area contributed by atoms with Crippen LogP contribution in [0.1, 0.15) is 24.5 Å². The fraction of sp³-hybridized carbons (Fsp3) is 0.294. The second-order valence-corrected chi connectivity index (χ2v) is 5.04. The van der Waals surface area contributed by atoms with Crippen molar-refractivity contribution in [2.24, 2.45) is 0 Å². The summed E-state index contributed by atoms with van der Waals surface area (Å²) < 4.78 is 5.65. The Bertz CT molecular complexity index is 594. The standard InChI is InChI=1S/C17H22N2O/c1-4-9-20-17-11-14(7-8-15(17)18)19-16-10-12(2)5-6-13(16)3/h5-8,10-11,19H,4,9,18H2,1-3H3. The summed E-state index contributed by atoms with van der Waals surface area (Å²) in [7, 11) is 0. The van der Waals surface area contributed by atoms with E-state index in [1.807, 2.05) is 18.2 Å². The topological polar surface area (TPSA) is 47.3 Å². The minimum Gasteiger partial charge on any atom is -0.491 e. The molecule has 0 aliphatic rings. The highest BCUT2D eigenvalue weighted by atomic mass is 16.5. The highest BCUT2D eigenvalue weighted by molar-refractivity contribution is 5.68. The lowest BCUT2D eigenvalue weighted by molar-refractivity contribution is 0.319. The first-order valence-corrected chi connectivity index (χ1v) is 6.96. The lowest BCUT2D eigenvalue weighted by Crippen LogP contribution is -2.00. The van der Waals surface area contributed by atoms with Gasteiger partial charge in [-0.2, -0.15) is 0 Å². The third-order valence-corrected chi connectivity index (χ3v) is 3.15. The molecule has 0 atom stereocenters. The Morgan fingerprint density at radius 1 is 1.10 bits per heavy atom. The van der Waals surface area contributed by atoms with Gasteiger partial charge in [0.1, 0.15) is 5.75 Å². The van der Waals surface area contributed by atoms with Crippen LogP contribution in [-0.2, 0) is 0 Å². The number of anilines is 3. The lowest BCUT2D eigenvalue weighted by Gasteiger charge is -2.13. The summed E-state index contributed by atoms with van der Waals surface area (Å²) in [5.41, 5.74) is 11.1. The zero-order valence-electron chi connectivity index (χ0n) is 12.4. The van der Waals surface area contributed by atoms with Crippen molar-refractivity contribution in [2.75, 3.05) is 17.7 Å². The molecule has 0 bridgehead atoms. The predicted octanol–water partition coefficient (Wildman–Crippen LogP) is 4.42. The van der Waals surface area contributed by atoms with E-state index < -0.39 is 0 Å². The summed E-state index contributed by atoms with van der Waals surface area (Å²) >= 11 is 0. The summed E-state index contributed by atoms with van der Waals surface area (Å²) in [4.78, 5) is 0. The van der Waals surface area contributed by atoms with E-state index in [9.17, 15) is 0 Å². The van der Waals surface area contributed by atoms with Gasteiger partial charge in [0.15, 0.2) is 0 Å². The summed E-state index contributed by atoms with van der Waals surface area (Å²) in [6, 6.07) is 12.2. The van der Waals surface area contributed by atoms with Crippen LogP contribution in [0.4, 0.5) is 17.1 Å². The first-order valence-electron chi connectivity index (χ1n) is 6.96. The number of hydrogen-bond donors (Lipinski definition) is 2. The second kappa shape index (κ2) is 6.33. The lowest BCUT2D eigenvalue weighted by atomic mass is 10.1. The van der Waals surface area contributed by atoms with Crippen LogP contribution in [0.25, 0.3) is 0 Å². The minimum absolute atomic E-state index is 0.671. The van der Waals surface area contributed by atoms with Crippen molar-refractivity contribution in [3.8, 4) is 5.75 Å². The number of nitrogens with one attached hydrogen (secondary N) is 1. The third kappa shape index (κ3) is 3.44. The maximum absolute atomic E-state index is 5.92. The maximum atomic E-state index is 5.92. The van der Waals surface area contributed by atoms with E-state index in [1.165, 1.54) is 11.1 Å². The molecule has 0 heterocycles. The Balaban J connectivity index is 2.22. The van der Waals surface area contributed by atoms with E-state index in [4.69, 9.17) is 10.5 Å². The summed E-state index contributed by atoms with van der Waals surface area (Å²) in [6.07, 6.45) is 0.966. The molecule has 20 heavy (non-hydrogen) atoms. The molecule has 0 unspecified atom stereocenters. The van der Waals surface area contributed by atoms with Crippen molar-refractivity contribution in [2.45, 2.75) is 27.2 Å². The van der Waals surface area contributed by atoms with E-state index >= 15 is 0 Å². The molecule has 0 saturated carbocycles. The number of nitrogens with two attached hydrogens (primary N) is 1. The molecule has 106 valence electrons. The van der Waals surface area contributed by atoms with Crippen molar-refractivity contribution in [3.63, 3.8) is 0 Å². The fourth-order valence-corrected chi connectivity index (χ4v) is 1.98. The van der Waals surface area contributed by atoms with Crippen molar-refractivity contribution < 1.29 is 4.74 Å². The number of ether oxygens (including phenoxy) is 1. The Hall–Kier alpha value is -2.16. The molecule has 3 nitrogen and oxygen atoms in total. The van der Waals surface area contributed by atoms with Gasteiger partial charge in [-0.25, -0.2) is 0 Å². The van der Waals surface area contributed by atoms with Gasteiger partial charge in [-0.15, -0.1) is 0 Å². The monoisotopic (exact) mass is 270 g/mol. The van der Waals surface area contributed by atoms with E-state index in [-0.39, 0.29) is 0 Å². The summed E-state index contributed by atoms with van der Waals surface area (Å²) in [5.74, 6) is 0.738. The molecule has 0 fully saturated rings. The van der Waals surface area contributed by atoms with Crippen LogP contribution in [0.3, 0.4) is 0 Å². The predicted molar refractivity (Wildman–Crippen MR) is 85.8 cm³/mol. The normalized spacial score (nSPS) is 10.3. The van der Waals surface area contributed by atoms with Gasteiger partial charge < -0.3 is 15.8 Å². The van der Waals surface area contributed by atoms with Crippen molar-refractivity contribution in [1.82, 2.24) is 0 Å². The molecule has 2 aromatic carbocycles. The number of aryl methyl sites for hydroxylation is 2. The van der Waals surface area contributed by atoms with Crippen LogP contribution in [0.5, 0.6) is 5.75 Å². The van der Waals surface area contributed by atoms with Gasteiger partial charge in [-0.05, 0) is 49.6 Å². The van der Waals surface area contributed by atoms with Gasteiger partial charge in [-0.3, -0.25) is 0 Å². The molecule has 2 rings (SSSR count). The van der Waals surface area contributed by atoms with E-state index in [0.29, 0.717) is 12.3 Å². The fourth-order valence-electron chi connectivity index (χ4n) is 1.98. The molecule has 0 radical (unpaired) electrons. The number of rotatable bonds is 5. The quantitative estimate of drug-likeness (QED) is 0.791. The molecule has 3 N–H and O–H groups in total. The van der Waals surface area contributed by atoms with Gasteiger partial charge in [-0.1, -0.05) is 19.1 Å². The molecule has 0 amide bonds. The van der Waals surface area contributed by atoms with Crippen LogP contribution in [0.2, 0.25) is 0 Å². The van der Waals surface area contributed by atoms with Gasteiger partial charge in [0.2, 0.25) is 0 Å². The highest BCUT2D eigenvalue weighted by Crippen LogP contribution is 2.29. The second-order valence-electron chi connectivity index (χ2n) is 5.04. The van der Waals surface area contributed by atoms with Crippen LogP contribution < -0.4 is 15.8 Å². The number of benzene rings is 2. The van der Waals surface area contributed by atoms with E-state index in [2.05, 4.69) is 44.3 Å². The largest absolute Gasteiger partial charge is 0.491 e. The third-order valence-electron chi connectivity index (χ3n) is 3.15. The number of hydrogen-bond acceptors (Lipinski definition) is 3. The first-order chi connectivity index (χ1) is 9.60. The van der Waals surface area contributed by atoms with Gasteiger partial charge in [0.05, 0.1) is 12.3 Å². The molecule has 0 aliphatic carbocycles. The zero-order chi connectivity index (χ0) is 14.5. The Morgan fingerprint density at radius 2 is 1.90 bits per heavy atom. The molecular formula is C17H22N2O. The molecule has 0 aliphatic heterocycles. The Morgan fingerprint density at radius 3 is 2.65 bits per heavy atom. The Kier molecular flexibility index (Phi) is 4.51. The van der Waals surface area contributed by atoms with Crippen LogP contribution >= 0.6 is 0 Å². The molecule has 3 heteroatoms. The summed E-state index contributed by atoms with van der Waals surface area (Å²) in [5, 5.41) is 3.42. The molecule has 0 saturated heterocycles. The maximum Gasteiger partial charge on any atom is 0.144 e. The van der Waals surface area contributed by atoms with Gasteiger partial charge >= 0.3 is 0 Å². The molecule has 0 aromatic heterocycles. The number of nitrogen functional groups attached to an aromatic ring is 1. The van der Waals surface area contributed by atoms with Crippen molar-refractivity contribution in [3.05, 3.63) is 47.5 Å². The van der Waals surface area contributed by atoms with Gasteiger partial charge in [0.25, 0.3) is 0 Å². The van der Waals surface area contributed by atoms with E-state index in [1.54, 1.807) is 0 Å². The van der Waals surface area contributed by atoms with Gasteiger partial charge in [0, 0.05) is 17.4 Å². The molecular weight excluding hydrogens is 248 g/mol. The highest BCUT2D eigenvalue weighted by Gasteiger charge is 2.04. The van der Waals surface area contributed by atoms with Crippen molar-refractivity contribution >= 4 is 17.1 Å².